The van der Waals surface area contributed by atoms with Crippen molar-refractivity contribution >= 4 is 17.7 Å². The van der Waals surface area contributed by atoms with Crippen LogP contribution in [0.1, 0.15) is 28.4 Å². The Labute approximate surface area is 153 Å². The van der Waals surface area contributed by atoms with Crippen LogP contribution in [0.5, 0.6) is 5.75 Å². The molecule has 5 heteroatoms. The number of aromatic nitrogens is 1. The quantitative estimate of drug-likeness (QED) is 0.570. The first kappa shape index (κ1) is 19.1. The number of benzene rings is 1. The Morgan fingerprint density at radius 3 is 2.72 bits per heavy atom. The highest BCUT2D eigenvalue weighted by atomic mass is 32.2. The van der Waals surface area contributed by atoms with Crippen molar-refractivity contribution < 1.29 is 9.53 Å². The van der Waals surface area contributed by atoms with E-state index in [4.69, 9.17) is 4.74 Å². The second kappa shape index (κ2) is 9.28. The Morgan fingerprint density at radius 1 is 1.32 bits per heavy atom. The lowest BCUT2D eigenvalue weighted by atomic mass is 10.1. The SMILES string of the molecule is C=CCSc1ncccc1C(=O)NC(C)COc1c(C)cccc1C. The van der Waals surface area contributed by atoms with Gasteiger partial charge < -0.3 is 10.1 Å². The van der Waals surface area contributed by atoms with Crippen molar-refractivity contribution in [3.63, 3.8) is 0 Å². The zero-order chi connectivity index (χ0) is 18.2. The van der Waals surface area contributed by atoms with E-state index in [0.717, 1.165) is 16.9 Å². The third-order valence-corrected chi connectivity index (χ3v) is 4.62. The molecule has 2 rings (SSSR count). The van der Waals surface area contributed by atoms with Crippen LogP contribution in [0.4, 0.5) is 0 Å². The first-order valence-corrected chi connectivity index (χ1v) is 9.20. The second-order valence-electron chi connectivity index (χ2n) is 5.86. The van der Waals surface area contributed by atoms with Gasteiger partial charge in [-0.3, -0.25) is 4.79 Å². The minimum Gasteiger partial charge on any atom is -0.491 e. The number of carbonyl (C=O) groups is 1. The summed E-state index contributed by atoms with van der Waals surface area (Å²) in [6.07, 6.45) is 3.48. The van der Waals surface area contributed by atoms with E-state index in [1.807, 2.05) is 39.0 Å². The van der Waals surface area contributed by atoms with Crippen molar-refractivity contribution in [2.45, 2.75) is 31.8 Å². The van der Waals surface area contributed by atoms with Gasteiger partial charge in [-0.25, -0.2) is 4.98 Å². The summed E-state index contributed by atoms with van der Waals surface area (Å²) < 4.78 is 5.91. The Balaban J connectivity index is 1.97. The fourth-order valence-electron chi connectivity index (χ4n) is 2.39. The molecule has 1 aromatic carbocycles. The number of ether oxygens (including phenoxy) is 1. The van der Waals surface area contributed by atoms with Crippen molar-refractivity contribution in [3.05, 3.63) is 65.9 Å². The second-order valence-corrected chi connectivity index (χ2v) is 6.87. The maximum absolute atomic E-state index is 12.5. The summed E-state index contributed by atoms with van der Waals surface area (Å²) in [4.78, 5) is 16.8. The highest BCUT2D eigenvalue weighted by Crippen LogP contribution is 2.23. The summed E-state index contributed by atoms with van der Waals surface area (Å²) in [6, 6.07) is 9.48. The number of nitrogens with one attached hydrogen (secondary N) is 1. The Kier molecular flexibility index (Phi) is 7.07. The number of carbonyl (C=O) groups excluding carboxylic acids is 1. The highest BCUT2D eigenvalue weighted by molar-refractivity contribution is 7.99. The molecule has 1 amide bonds. The molecule has 1 heterocycles. The largest absolute Gasteiger partial charge is 0.491 e. The van der Waals surface area contributed by atoms with E-state index >= 15 is 0 Å². The predicted molar refractivity (Wildman–Crippen MR) is 103 cm³/mol. The van der Waals surface area contributed by atoms with Crippen LogP contribution in [-0.4, -0.2) is 29.3 Å². The average molecular weight is 356 g/mol. The molecule has 132 valence electrons. The highest BCUT2D eigenvalue weighted by Gasteiger charge is 2.15. The lowest BCUT2D eigenvalue weighted by molar-refractivity contribution is 0.0923. The summed E-state index contributed by atoms with van der Waals surface area (Å²) in [6.45, 7) is 10.1. The third-order valence-electron chi connectivity index (χ3n) is 3.62. The monoisotopic (exact) mass is 356 g/mol. The zero-order valence-electron chi connectivity index (χ0n) is 14.9. The molecular weight excluding hydrogens is 332 g/mol. The molecule has 0 aliphatic heterocycles. The number of thioether (sulfide) groups is 1. The predicted octanol–water partition coefficient (Wildman–Crippen LogP) is 4.17. The van der Waals surface area contributed by atoms with E-state index in [0.29, 0.717) is 22.9 Å². The molecular formula is C20H24N2O2S. The van der Waals surface area contributed by atoms with Gasteiger partial charge in [0.1, 0.15) is 17.4 Å². The Morgan fingerprint density at radius 2 is 2.04 bits per heavy atom. The molecule has 1 unspecified atom stereocenters. The molecule has 0 aliphatic rings. The molecule has 0 fully saturated rings. The molecule has 1 N–H and O–H groups in total. The van der Waals surface area contributed by atoms with Gasteiger partial charge in [-0.05, 0) is 44.0 Å². The molecule has 0 radical (unpaired) electrons. The summed E-state index contributed by atoms with van der Waals surface area (Å²) in [5.41, 5.74) is 2.76. The molecule has 0 bridgehead atoms. The summed E-state index contributed by atoms with van der Waals surface area (Å²) in [7, 11) is 0. The standard InChI is InChI=1S/C20H24N2O2S/c1-5-12-25-20-17(10-7-11-21-20)19(23)22-16(4)13-24-18-14(2)8-6-9-15(18)3/h5-11,16H,1,12-13H2,2-4H3,(H,22,23). The van der Waals surface area contributed by atoms with Crippen molar-refractivity contribution in [2.75, 3.05) is 12.4 Å². The zero-order valence-corrected chi connectivity index (χ0v) is 15.7. The van der Waals surface area contributed by atoms with Gasteiger partial charge in [-0.1, -0.05) is 24.3 Å². The average Bonchev–Trinajstić information content (AvgIpc) is 2.59. The van der Waals surface area contributed by atoms with Crippen LogP contribution in [-0.2, 0) is 0 Å². The lowest BCUT2D eigenvalue weighted by Gasteiger charge is -2.18. The van der Waals surface area contributed by atoms with Crippen molar-refractivity contribution in [1.29, 1.82) is 0 Å². The van der Waals surface area contributed by atoms with Crippen molar-refractivity contribution in [2.24, 2.45) is 0 Å². The van der Waals surface area contributed by atoms with Gasteiger partial charge >= 0.3 is 0 Å². The number of rotatable bonds is 8. The molecule has 0 saturated carbocycles. The molecule has 0 saturated heterocycles. The van der Waals surface area contributed by atoms with Gasteiger partial charge in [0.15, 0.2) is 0 Å². The van der Waals surface area contributed by atoms with Crippen LogP contribution in [0, 0.1) is 13.8 Å². The molecule has 25 heavy (non-hydrogen) atoms. The van der Waals surface area contributed by atoms with E-state index in [1.165, 1.54) is 11.8 Å². The maximum atomic E-state index is 12.5. The number of aryl methyl sites for hydroxylation is 2. The maximum Gasteiger partial charge on any atom is 0.254 e. The lowest BCUT2D eigenvalue weighted by Crippen LogP contribution is -2.37. The van der Waals surface area contributed by atoms with Crippen LogP contribution in [0.15, 0.2) is 54.2 Å². The number of hydrogen-bond donors (Lipinski definition) is 1. The molecule has 1 atom stereocenters. The van der Waals surface area contributed by atoms with Crippen LogP contribution < -0.4 is 10.1 Å². The molecule has 2 aromatic rings. The normalized spacial score (nSPS) is 11.6. The van der Waals surface area contributed by atoms with E-state index in [9.17, 15) is 4.79 Å². The number of para-hydroxylation sites is 1. The van der Waals surface area contributed by atoms with Gasteiger partial charge in [-0.2, -0.15) is 0 Å². The van der Waals surface area contributed by atoms with E-state index in [-0.39, 0.29) is 11.9 Å². The minimum atomic E-state index is -0.141. The first-order chi connectivity index (χ1) is 12.0. The number of pyridine rings is 1. The Bertz CT molecular complexity index is 726. The van der Waals surface area contributed by atoms with E-state index in [1.54, 1.807) is 24.4 Å². The molecule has 4 nitrogen and oxygen atoms in total. The topological polar surface area (TPSA) is 51.2 Å². The smallest absolute Gasteiger partial charge is 0.254 e. The van der Waals surface area contributed by atoms with Crippen LogP contribution >= 0.6 is 11.8 Å². The summed E-state index contributed by atoms with van der Waals surface area (Å²) in [5.74, 6) is 1.45. The molecule has 1 aromatic heterocycles. The van der Waals surface area contributed by atoms with Gasteiger partial charge in [0, 0.05) is 11.9 Å². The fraction of sp³-hybridized carbons (Fsp3) is 0.300. The van der Waals surface area contributed by atoms with Gasteiger partial charge in [0.25, 0.3) is 5.91 Å². The van der Waals surface area contributed by atoms with Crippen LogP contribution in [0.2, 0.25) is 0 Å². The van der Waals surface area contributed by atoms with Crippen LogP contribution in [0.25, 0.3) is 0 Å². The van der Waals surface area contributed by atoms with Gasteiger partial charge in [0.05, 0.1) is 11.6 Å². The van der Waals surface area contributed by atoms with Crippen molar-refractivity contribution in [3.8, 4) is 5.75 Å². The summed E-state index contributed by atoms with van der Waals surface area (Å²) >= 11 is 1.50. The third kappa shape index (κ3) is 5.36. The Hall–Kier alpha value is -2.27. The first-order valence-electron chi connectivity index (χ1n) is 8.21. The van der Waals surface area contributed by atoms with Crippen molar-refractivity contribution in [1.82, 2.24) is 10.3 Å². The number of hydrogen-bond acceptors (Lipinski definition) is 4. The summed E-state index contributed by atoms with van der Waals surface area (Å²) in [5, 5.41) is 3.69. The fourth-order valence-corrected chi connectivity index (χ4v) is 3.12. The number of nitrogens with zero attached hydrogens (tertiary/aromatic N) is 1. The van der Waals surface area contributed by atoms with E-state index < -0.39 is 0 Å². The van der Waals surface area contributed by atoms with Gasteiger partial charge in [0.2, 0.25) is 0 Å². The van der Waals surface area contributed by atoms with Gasteiger partial charge in [-0.15, -0.1) is 18.3 Å². The minimum absolute atomic E-state index is 0.121. The van der Waals surface area contributed by atoms with Crippen LogP contribution in [0.3, 0.4) is 0 Å². The number of amides is 1. The molecule has 0 spiro atoms. The molecule has 0 aliphatic carbocycles. The van der Waals surface area contributed by atoms with E-state index in [2.05, 4.69) is 16.9 Å².